The number of aliphatic imine (C=N–C) groups is 1. The van der Waals surface area contributed by atoms with Gasteiger partial charge in [0.05, 0.1) is 23.1 Å². The Hall–Kier alpha value is -1.66. The van der Waals surface area contributed by atoms with Crippen molar-refractivity contribution in [1.82, 2.24) is 4.90 Å². The Balaban J connectivity index is 2.41. The molecule has 2 rings (SSSR count). The third kappa shape index (κ3) is 4.50. The normalized spacial score (nSPS) is 17.6. The van der Waals surface area contributed by atoms with Gasteiger partial charge in [-0.2, -0.15) is 0 Å². The van der Waals surface area contributed by atoms with Gasteiger partial charge >= 0.3 is 0 Å². The standard InChI is InChI=1S/C18H23ClN2O3S/c1-5-20-18-21(6-2)17(22)16(25-18)10-12-9-14(23-7-3)15(24-8-4)11-13(12)19/h9-11H,5-8H2,1-4H3/b16-10+,20-18?. The van der Waals surface area contributed by atoms with E-state index in [0.29, 0.717) is 47.7 Å². The molecule has 0 unspecified atom stereocenters. The fourth-order valence-corrected chi connectivity index (χ4v) is 3.68. The van der Waals surface area contributed by atoms with Crippen molar-refractivity contribution in [2.24, 2.45) is 4.99 Å². The van der Waals surface area contributed by atoms with Crippen LogP contribution in [-0.4, -0.2) is 42.3 Å². The van der Waals surface area contributed by atoms with Gasteiger partial charge in [0, 0.05) is 19.2 Å². The number of halogens is 1. The maximum atomic E-state index is 12.6. The van der Waals surface area contributed by atoms with E-state index in [1.165, 1.54) is 11.8 Å². The highest BCUT2D eigenvalue weighted by Crippen LogP contribution is 2.38. The zero-order valence-corrected chi connectivity index (χ0v) is 16.5. The first-order valence-electron chi connectivity index (χ1n) is 8.40. The summed E-state index contributed by atoms with van der Waals surface area (Å²) in [5.41, 5.74) is 0.721. The van der Waals surface area contributed by atoms with Gasteiger partial charge in [-0.15, -0.1) is 0 Å². The highest BCUT2D eigenvalue weighted by molar-refractivity contribution is 8.18. The van der Waals surface area contributed by atoms with Crippen LogP contribution in [0.3, 0.4) is 0 Å². The average molecular weight is 383 g/mol. The minimum Gasteiger partial charge on any atom is -0.490 e. The number of amidine groups is 1. The number of nitrogens with zero attached hydrogens (tertiary/aromatic N) is 2. The molecule has 0 N–H and O–H groups in total. The van der Waals surface area contributed by atoms with Crippen LogP contribution in [-0.2, 0) is 4.79 Å². The van der Waals surface area contributed by atoms with E-state index in [9.17, 15) is 4.79 Å². The molecule has 5 nitrogen and oxygen atoms in total. The second kappa shape index (κ2) is 9.15. The minimum atomic E-state index is -0.0531. The Morgan fingerprint density at radius 2 is 1.80 bits per heavy atom. The van der Waals surface area contributed by atoms with Crippen molar-refractivity contribution in [3.8, 4) is 11.5 Å². The Kier molecular flexibility index (Phi) is 7.20. The number of carbonyl (C=O) groups excluding carboxylic acids is 1. The first-order valence-corrected chi connectivity index (χ1v) is 9.60. The SMILES string of the molecule is CCN=C1S/C(=C/c2cc(OCC)c(OCC)cc2Cl)C(=O)N1CC. The monoisotopic (exact) mass is 382 g/mol. The largest absolute Gasteiger partial charge is 0.490 e. The number of rotatable bonds is 7. The highest BCUT2D eigenvalue weighted by atomic mass is 35.5. The molecule has 0 spiro atoms. The summed E-state index contributed by atoms with van der Waals surface area (Å²) in [5.74, 6) is 1.17. The first kappa shape index (κ1) is 19.7. The number of carbonyl (C=O) groups is 1. The fourth-order valence-electron chi connectivity index (χ4n) is 2.38. The van der Waals surface area contributed by atoms with Crippen molar-refractivity contribution < 1.29 is 14.3 Å². The molecule has 1 aliphatic heterocycles. The van der Waals surface area contributed by atoms with Gasteiger partial charge in [0.2, 0.25) is 0 Å². The summed E-state index contributed by atoms with van der Waals surface area (Å²) in [6.45, 7) is 9.96. The second-order valence-corrected chi connectivity index (χ2v) is 6.52. The van der Waals surface area contributed by atoms with Crippen molar-refractivity contribution in [3.05, 3.63) is 27.6 Å². The second-order valence-electron chi connectivity index (χ2n) is 5.10. The summed E-state index contributed by atoms with van der Waals surface area (Å²) >= 11 is 7.76. The molecule has 7 heteroatoms. The van der Waals surface area contributed by atoms with Crippen molar-refractivity contribution >= 4 is 40.5 Å². The van der Waals surface area contributed by atoms with Gasteiger partial charge in [0.25, 0.3) is 5.91 Å². The molecular formula is C18H23ClN2O3S. The van der Waals surface area contributed by atoms with Crippen LogP contribution in [0.4, 0.5) is 0 Å². The summed E-state index contributed by atoms with van der Waals surface area (Å²) in [6, 6.07) is 3.54. The summed E-state index contributed by atoms with van der Waals surface area (Å²) in [6.07, 6.45) is 1.79. The molecule has 0 aromatic heterocycles. The van der Waals surface area contributed by atoms with E-state index in [4.69, 9.17) is 21.1 Å². The number of amides is 1. The lowest BCUT2D eigenvalue weighted by molar-refractivity contribution is -0.122. The summed E-state index contributed by atoms with van der Waals surface area (Å²) in [5, 5.41) is 1.24. The van der Waals surface area contributed by atoms with Crippen LogP contribution in [0.15, 0.2) is 22.0 Å². The van der Waals surface area contributed by atoms with Crippen LogP contribution >= 0.6 is 23.4 Å². The topological polar surface area (TPSA) is 51.1 Å². The van der Waals surface area contributed by atoms with Gasteiger partial charge in [-0.25, -0.2) is 0 Å². The third-order valence-corrected chi connectivity index (χ3v) is 4.82. The first-order chi connectivity index (χ1) is 12.0. The lowest BCUT2D eigenvalue weighted by Gasteiger charge is -2.13. The van der Waals surface area contributed by atoms with Gasteiger partial charge in [0.1, 0.15) is 0 Å². The molecule has 1 aromatic rings. The van der Waals surface area contributed by atoms with Gasteiger partial charge < -0.3 is 9.47 Å². The lowest BCUT2D eigenvalue weighted by Crippen LogP contribution is -2.28. The molecule has 0 radical (unpaired) electrons. The van der Waals surface area contributed by atoms with E-state index in [2.05, 4.69) is 4.99 Å². The van der Waals surface area contributed by atoms with E-state index in [1.807, 2.05) is 33.8 Å². The lowest BCUT2D eigenvalue weighted by atomic mass is 10.1. The minimum absolute atomic E-state index is 0.0531. The molecule has 1 amide bonds. The van der Waals surface area contributed by atoms with Crippen LogP contribution in [0, 0.1) is 0 Å². The van der Waals surface area contributed by atoms with Crippen LogP contribution in [0.25, 0.3) is 6.08 Å². The fraction of sp³-hybridized carbons (Fsp3) is 0.444. The van der Waals surface area contributed by atoms with Gasteiger partial charge in [-0.05, 0) is 57.2 Å². The summed E-state index contributed by atoms with van der Waals surface area (Å²) < 4.78 is 11.2. The van der Waals surface area contributed by atoms with Crippen molar-refractivity contribution in [2.75, 3.05) is 26.3 Å². The van der Waals surface area contributed by atoms with Gasteiger partial charge in [-0.3, -0.25) is 14.7 Å². The molecule has 1 saturated heterocycles. The molecule has 0 atom stereocenters. The van der Waals surface area contributed by atoms with Crippen LogP contribution in [0.2, 0.25) is 5.02 Å². The number of thioether (sulfide) groups is 1. The molecule has 1 fully saturated rings. The predicted octanol–water partition coefficient (Wildman–Crippen LogP) is 4.45. The van der Waals surface area contributed by atoms with Gasteiger partial charge in [-0.1, -0.05) is 11.6 Å². The Morgan fingerprint density at radius 3 is 2.36 bits per heavy atom. The zero-order valence-electron chi connectivity index (χ0n) is 15.0. The molecule has 136 valence electrons. The third-order valence-electron chi connectivity index (χ3n) is 3.45. The maximum Gasteiger partial charge on any atom is 0.266 e. The number of hydrogen-bond donors (Lipinski definition) is 0. The van der Waals surface area contributed by atoms with E-state index in [-0.39, 0.29) is 5.91 Å². The molecule has 1 aliphatic rings. The maximum absolute atomic E-state index is 12.6. The predicted molar refractivity (Wildman–Crippen MR) is 105 cm³/mol. The smallest absolute Gasteiger partial charge is 0.266 e. The Labute approximate surface area is 158 Å². The number of ether oxygens (including phenoxy) is 2. The molecule has 0 aliphatic carbocycles. The van der Waals surface area contributed by atoms with E-state index in [0.717, 1.165) is 10.7 Å². The van der Waals surface area contributed by atoms with Crippen molar-refractivity contribution in [3.63, 3.8) is 0 Å². The highest BCUT2D eigenvalue weighted by Gasteiger charge is 2.32. The van der Waals surface area contributed by atoms with Crippen molar-refractivity contribution in [1.29, 1.82) is 0 Å². The summed E-state index contributed by atoms with van der Waals surface area (Å²) in [4.78, 5) is 19.2. The molecule has 1 heterocycles. The number of hydrogen-bond acceptors (Lipinski definition) is 5. The van der Waals surface area contributed by atoms with Crippen molar-refractivity contribution in [2.45, 2.75) is 27.7 Å². The van der Waals surface area contributed by atoms with Crippen LogP contribution in [0.5, 0.6) is 11.5 Å². The van der Waals surface area contributed by atoms with Gasteiger partial charge in [0.15, 0.2) is 16.7 Å². The van der Waals surface area contributed by atoms with Crippen LogP contribution < -0.4 is 9.47 Å². The molecule has 1 aromatic carbocycles. The number of likely N-dealkylation sites (N-methyl/N-ethyl adjacent to an activating group) is 1. The Morgan fingerprint density at radius 1 is 1.16 bits per heavy atom. The molecule has 0 bridgehead atoms. The zero-order chi connectivity index (χ0) is 18.4. The average Bonchev–Trinajstić information content (AvgIpc) is 2.87. The molecular weight excluding hydrogens is 360 g/mol. The van der Waals surface area contributed by atoms with Crippen LogP contribution in [0.1, 0.15) is 33.3 Å². The quantitative estimate of drug-likeness (QED) is 0.654. The van der Waals surface area contributed by atoms with E-state index < -0.39 is 0 Å². The summed E-state index contributed by atoms with van der Waals surface area (Å²) in [7, 11) is 0. The Bertz CT molecular complexity index is 704. The van der Waals surface area contributed by atoms with E-state index >= 15 is 0 Å². The van der Waals surface area contributed by atoms with E-state index in [1.54, 1.807) is 17.0 Å². The molecule has 25 heavy (non-hydrogen) atoms. The molecule has 0 saturated carbocycles. The number of benzene rings is 1.